The van der Waals surface area contributed by atoms with Gasteiger partial charge in [0.15, 0.2) is 0 Å². The van der Waals surface area contributed by atoms with Crippen LogP contribution in [0.2, 0.25) is 18.1 Å². The van der Waals surface area contributed by atoms with Crippen LogP contribution in [-0.2, 0) is 24.2 Å². The molecule has 116 valence electrons. The van der Waals surface area contributed by atoms with Gasteiger partial charge in [0.25, 0.3) is 0 Å². The quantitative estimate of drug-likeness (QED) is 0.486. The van der Waals surface area contributed by atoms with Crippen molar-refractivity contribution in [1.29, 1.82) is 0 Å². The van der Waals surface area contributed by atoms with E-state index in [4.69, 9.17) is 4.74 Å². The lowest BCUT2D eigenvalue weighted by Crippen LogP contribution is -2.29. The lowest BCUT2D eigenvalue weighted by atomic mass is 10.0. The molecule has 0 N–H and O–H groups in total. The van der Waals surface area contributed by atoms with Crippen LogP contribution in [0.3, 0.4) is 0 Å². The number of aromatic nitrogens is 1. The van der Waals surface area contributed by atoms with Gasteiger partial charge in [-0.2, -0.15) is 0 Å². The van der Waals surface area contributed by atoms with Crippen molar-refractivity contribution < 1.29 is 9.53 Å². The molecule has 1 aromatic heterocycles. The fourth-order valence-electron chi connectivity index (χ4n) is 3.58. The second-order valence-electron chi connectivity index (χ2n) is 6.26. The van der Waals surface area contributed by atoms with Gasteiger partial charge in [-0.3, -0.25) is 0 Å². The highest BCUT2D eigenvalue weighted by atomic mass is 28.3. The van der Waals surface area contributed by atoms with Crippen LogP contribution in [0.25, 0.3) is 0 Å². The van der Waals surface area contributed by atoms with E-state index < -0.39 is 8.07 Å². The van der Waals surface area contributed by atoms with Crippen LogP contribution in [-0.4, -0.2) is 19.0 Å². The predicted molar refractivity (Wildman–Crippen MR) is 89.5 cm³/mol. The lowest BCUT2D eigenvalue weighted by Gasteiger charge is -2.20. The van der Waals surface area contributed by atoms with Crippen LogP contribution < -0.4 is 0 Å². The molecular weight excluding hydrogens is 290 g/mol. The summed E-state index contributed by atoms with van der Waals surface area (Å²) in [5, 5.41) is 0. The van der Waals surface area contributed by atoms with Gasteiger partial charge in [-0.1, -0.05) is 26.7 Å². The lowest BCUT2D eigenvalue weighted by molar-refractivity contribution is 0.0532. The van der Waals surface area contributed by atoms with Crippen molar-refractivity contribution in [3.05, 3.63) is 28.1 Å². The number of esters is 1. The summed E-state index contributed by atoms with van der Waals surface area (Å²) in [4.78, 5) is 16.6. The Labute approximate surface area is 133 Å². The first-order chi connectivity index (χ1) is 10.6. The van der Waals surface area contributed by atoms with E-state index in [1.54, 1.807) is 0 Å². The van der Waals surface area contributed by atoms with Crippen LogP contribution >= 0.6 is 0 Å². The monoisotopic (exact) mass is 313 g/mol. The normalized spacial score (nSPS) is 15.9. The van der Waals surface area contributed by atoms with Crippen molar-refractivity contribution in [3.8, 4) is 11.5 Å². The standard InChI is InChI=1S/C18H23NO2Si/c1-4-22(5-2,6-3)11-10-15-13-8-7-9-14(13)17-16(19-15)12-21-18(17)20/h4-9,12H2,1-3H3. The molecule has 3 rings (SSSR count). The van der Waals surface area contributed by atoms with E-state index in [0.717, 1.165) is 41.8 Å². The third-order valence-electron chi connectivity index (χ3n) is 5.36. The van der Waals surface area contributed by atoms with Crippen molar-refractivity contribution in [3.63, 3.8) is 0 Å². The minimum Gasteiger partial charge on any atom is -0.455 e. The van der Waals surface area contributed by atoms with Crippen LogP contribution in [0, 0.1) is 11.5 Å². The highest BCUT2D eigenvalue weighted by Gasteiger charge is 2.32. The third-order valence-corrected chi connectivity index (χ3v) is 10.1. The van der Waals surface area contributed by atoms with Gasteiger partial charge in [0.1, 0.15) is 20.4 Å². The van der Waals surface area contributed by atoms with E-state index in [1.807, 2.05) is 0 Å². The molecule has 0 bridgehead atoms. The number of cyclic esters (lactones) is 1. The molecule has 1 aliphatic carbocycles. The second-order valence-corrected chi connectivity index (χ2v) is 11.2. The van der Waals surface area contributed by atoms with Gasteiger partial charge in [0.2, 0.25) is 0 Å². The van der Waals surface area contributed by atoms with Crippen molar-refractivity contribution >= 4 is 14.0 Å². The van der Waals surface area contributed by atoms with Gasteiger partial charge in [-0.15, -0.1) is 5.54 Å². The predicted octanol–water partition coefficient (Wildman–Crippen LogP) is 3.64. The maximum atomic E-state index is 11.9. The van der Waals surface area contributed by atoms with Crippen LogP contribution in [0.1, 0.15) is 60.1 Å². The molecule has 0 unspecified atom stereocenters. The van der Waals surface area contributed by atoms with Crippen molar-refractivity contribution in [2.75, 3.05) is 0 Å². The van der Waals surface area contributed by atoms with Crippen molar-refractivity contribution in [2.45, 2.75) is 64.8 Å². The van der Waals surface area contributed by atoms with E-state index in [-0.39, 0.29) is 5.97 Å². The van der Waals surface area contributed by atoms with Gasteiger partial charge in [0.05, 0.1) is 11.3 Å². The smallest absolute Gasteiger partial charge is 0.340 e. The summed E-state index contributed by atoms with van der Waals surface area (Å²) in [6.45, 7) is 7.11. The number of pyridine rings is 1. The number of hydrogen-bond acceptors (Lipinski definition) is 3. The Morgan fingerprint density at radius 3 is 2.50 bits per heavy atom. The molecule has 0 radical (unpaired) electrons. The van der Waals surface area contributed by atoms with Gasteiger partial charge >= 0.3 is 5.97 Å². The first-order valence-corrected chi connectivity index (χ1v) is 11.0. The molecule has 0 saturated heterocycles. The van der Waals surface area contributed by atoms with E-state index in [1.165, 1.54) is 23.7 Å². The Morgan fingerprint density at radius 1 is 1.14 bits per heavy atom. The molecule has 4 heteroatoms. The van der Waals surface area contributed by atoms with Gasteiger partial charge in [-0.05, 0) is 48.5 Å². The summed E-state index contributed by atoms with van der Waals surface area (Å²) >= 11 is 0. The maximum Gasteiger partial charge on any atom is 0.340 e. The Kier molecular flexibility index (Phi) is 4.09. The Balaban J connectivity index is 2.08. The summed E-state index contributed by atoms with van der Waals surface area (Å²) in [6, 6.07) is 3.59. The Hall–Kier alpha value is -1.60. The van der Waals surface area contributed by atoms with Gasteiger partial charge < -0.3 is 4.74 Å². The average Bonchev–Trinajstić information content (AvgIpc) is 3.16. The van der Waals surface area contributed by atoms with Gasteiger partial charge in [-0.25, -0.2) is 9.78 Å². The zero-order valence-corrected chi connectivity index (χ0v) is 14.7. The fourth-order valence-corrected chi connectivity index (χ4v) is 5.99. The van der Waals surface area contributed by atoms with Gasteiger partial charge in [0, 0.05) is 0 Å². The highest BCUT2D eigenvalue weighted by Crippen LogP contribution is 2.33. The molecule has 1 aliphatic heterocycles. The number of ether oxygens (including phenoxy) is 1. The Morgan fingerprint density at radius 2 is 1.82 bits per heavy atom. The minimum absolute atomic E-state index is 0.195. The summed E-state index contributed by atoms with van der Waals surface area (Å²) < 4.78 is 5.17. The van der Waals surface area contributed by atoms with Crippen molar-refractivity contribution in [2.24, 2.45) is 0 Å². The fraction of sp³-hybridized carbons (Fsp3) is 0.556. The Bertz CT molecular complexity index is 672. The molecule has 2 aliphatic rings. The summed E-state index contributed by atoms with van der Waals surface area (Å²) in [6.07, 6.45) is 3.04. The number of carbonyl (C=O) groups is 1. The number of carbonyl (C=O) groups excluding carboxylic acids is 1. The van der Waals surface area contributed by atoms with Crippen molar-refractivity contribution in [1.82, 2.24) is 4.98 Å². The molecule has 0 fully saturated rings. The molecular formula is C18H23NO2Si. The van der Waals surface area contributed by atoms with E-state index in [0.29, 0.717) is 6.61 Å². The molecule has 0 spiro atoms. The summed E-state index contributed by atoms with van der Waals surface area (Å²) in [5.41, 5.74) is 8.45. The minimum atomic E-state index is -1.47. The first-order valence-electron chi connectivity index (χ1n) is 8.39. The second kappa shape index (κ2) is 5.89. The van der Waals surface area contributed by atoms with E-state index in [9.17, 15) is 4.79 Å². The molecule has 22 heavy (non-hydrogen) atoms. The number of fused-ring (bicyclic) bond motifs is 3. The van der Waals surface area contributed by atoms with E-state index >= 15 is 0 Å². The summed E-state index contributed by atoms with van der Waals surface area (Å²) in [7, 11) is -1.47. The van der Waals surface area contributed by atoms with Crippen LogP contribution in [0.15, 0.2) is 0 Å². The zero-order chi connectivity index (χ0) is 15.7. The van der Waals surface area contributed by atoms with Crippen LogP contribution in [0.4, 0.5) is 0 Å². The topological polar surface area (TPSA) is 39.2 Å². The average molecular weight is 313 g/mol. The summed E-state index contributed by atoms with van der Waals surface area (Å²) in [5.74, 6) is 3.22. The molecule has 1 aromatic rings. The highest BCUT2D eigenvalue weighted by molar-refractivity contribution is 6.87. The SMILES string of the molecule is CC[Si](C#Cc1nc2c(c3c1CCC3)C(=O)OC2)(CC)CC. The third kappa shape index (κ3) is 2.38. The molecule has 0 saturated carbocycles. The molecule has 3 nitrogen and oxygen atoms in total. The molecule has 0 amide bonds. The molecule has 0 atom stereocenters. The first kappa shape index (κ1) is 15.3. The number of hydrogen-bond donors (Lipinski definition) is 0. The maximum absolute atomic E-state index is 11.9. The molecule has 2 heterocycles. The number of rotatable bonds is 3. The largest absolute Gasteiger partial charge is 0.455 e. The molecule has 0 aromatic carbocycles. The van der Waals surface area contributed by atoms with E-state index in [2.05, 4.69) is 37.2 Å². The zero-order valence-electron chi connectivity index (χ0n) is 13.7. The van der Waals surface area contributed by atoms with Crippen LogP contribution in [0.5, 0.6) is 0 Å². The number of nitrogens with zero attached hydrogens (tertiary/aromatic N) is 1.